The van der Waals surface area contributed by atoms with E-state index in [1.807, 2.05) is 6.07 Å². The van der Waals surface area contributed by atoms with E-state index in [-0.39, 0.29) is 17.8 Å². The minimum Gasteiger partial charge on any atom is -0.504 e. The molecule has 0 aromatic heterocycles. The van der Waals surface area contributed by atoms with Gasteiger partial charge in [-0.15, -0.1) is 0 Å². The highest BCUT2D eigenvalue weighted by atomic mass is 16.7. The molecular formula is C20H34O4. The second-order valence-corrected chi connectivity index (χ2v) is 6.26. The number of benzene rings is 1. The van der Waals surface area contributed by atoms with Gasteiger partial charge in [0.25, 0.3) is 0 Å². The number of phenolic OH excluding ortho intramolecular Hbond substituents is 2. The molecule has 4 nitrogen and oxygen atoms in total. The lowest BCUT2D eigenvalue weighted by Gasteiger charge is -2.18. The molecule has 0 spiro atoms. The van der Waals surface area contributed by atoms with Gasteiger partial charge in [-0.1, -0.05) is 45.2 Å². The summed E-state index contributed by atoms with van der Waals surface area (Å²) in [5.41, 5.74) is 0.830. The number of hydrogen-bond acceptors (Lipinski definition) is 4. The third-order valence-electron chi connectivity index (χ3n) is 4.00. The molecule has 2 N–H and O–H groups in total. The third-order valence-corrected chi connectivity index (χ3v) is 4.00. The van der Waals surface area contributed by atoms with Crippen molar-refractivity contribution >= 4 is 0 Å². The molecule has 0 aliphatic heterocycles. The van der Waals surface area contributed by atoms with E-state index >= 15 is 0 Å². The highest BCUT2D eigenvalue weighted by molar-refractivity contribution is 5.44. The Morgan fingerprint density at radius 2 is 1.50 bits per heavy atom. The molecular weight excluding hydrogens is 304 g/mol. The molecule has 0 aliphatic carbocycles. The Balaban J connectivity index is 2.10. The van der Waals surface area contributed by atoms with Crippen LogP contribution in [0.4, 0.5) is 0 Å². The van der Waals surface area contributed by atoms with Gasteiger partial charge < -0.3 is 19.7 Å². The molecule has 24 heavy (non-hydrogen) atoms. The molecule has 1 rings (SSSR count). The van der Waals surface area contributed by atoms with Gasteiger partial charge in [-0.3, -0.25) is 0 Å². The van der Waals surface area contributed by atoms with Gasteiger partial charge in [0, 0.05) is 13.2 Å². The molecule has 0 saturated heterocycles. The molecule has 0 atom stereocenters. The summed E-state index contributed by atoms with van der Waals surface area (Å²) in [6.07, 6.45) is 9.40. The summed E-state index contributed by atoms with van der Waals surface area (Å²) in [7, 11) is 0. The Bertz CT molecular complexity index is 426. The first-order valence-electron chi connectivity index (χ1n) is 9.42. The molecule has 4 heteroatoms. The lowest BCUT2D eigenvalue weighted by molar-refractivity contribution is -0.146. The van der Waals surface area contributed by atoms with Crippen LogP contribution in [0.15, 0.2) is 18.2 Å². The zero-order valence-corrected chi connectivity index (χ0v) is 15.3. The minimum atomic E-state index is -0.0471. The zero-order valence-electron chi connectivity index (χ0n) is 15.3. The average molecular weight is 338 g/mol. The average Bonchev–Trinajstić information content (AvgIpc) is 2.59. The van der Waals surface area contributed by atoms with E-state index in [4.69, 9.17) is 9.47 Å². The molecule has 0 bridgehead atoms. The Hall–Kier alpha value is -1.26. The molecule has 138 valence electrons. The van der Waals surface area contributed by atoms with E-state index < -0.39 is 0 Å². The standard InChI is InChI=1S/C20H34O4/c1-3-15-23-19(24-16-4-2)14-9-7-5-6-8-11-17-12-10-13-18(21)20(17)22/h10,12-13,19,21-22H,3-9,11,14-16H2,1-2H3. The lowest BCUT2D eigenvalue weighted by Crippen LogP contribution is -2.18. The maximum absolute atomic E-state index is 9.76. The van der Waals surface area contributed by atoms with Crippen molar-refractivity contribution in [1.82, 2.24) is 0 Å². The summed E-state index contributed by atoms with van der Waals surface area (Å²) in [5.74, 6) is -0.000752. The third kappa shape index (κ3) is 8.55. The number of hydrogen-bond donors (Lipinski definition) is 2. The number of rotatable bonds is 14. The first kappa shape index (κ1) is 20.8. The van der Waals surface area contributed by atoms with Crippen LogP contribution in [0.1, 0.15) is 70.8 Å². The minimum absolute atomic E-state index is 0.0292. The molecule has 0 heterocycles. The summed E-state index contributed by atoms with van der Waals surface area (Å²) in [6, 6.07) is 5.16. The predicted molar refractivity (Wildman–Crippen MR) is 97.5 cm³/mol. The molecule has 0 aliphatic rings. The summed E-state index contributed by atoms with van der Waals surface area (Å²) in [6.45, 7) is 5.76. The largest absolute Gasteiger partial charge is 0.504 e. The van der Waals surface area contributed by atoms with Crippen molar-refractivity contribution in [2.75, 3.05) is 13.2 Å². The van der Waals surface area contributed by atoms with Crippen molar-refractivity contribution < 1.29 is 19.7 Å². The molecule has 0 fully saturated rings. The van der Waals surface area contributed by atoms with Crippen molar-refractivity contribution in [3.05, 3.63) is 23.8 Å². The Morgan fingerprint density at radius 3 is 2.17 bits per heavy atom. The Kier molecular flexibility index (Phi) is 11.3. The molecule has 1 aromatic rings. The van der Waals surface area contributed by atoms with Crippen LogP contribution in [0.5, 0.6) is 11.5 Å². The van der Waals surface area contributed by atoms with E-state index in [1.165, 1.54) is 18.9 Å². The summed E-state index contributed by atoms with van der Waals surface area (Å²) in [5, 5.41) is 19.2. The highest BCUT2D eigenvalue weighted by Gasteiger charge is 2.08. The maximum Gasteiger partial charge on any atom is 0.160 e. The smallest absolute Gasteiger partial charge is 0.160 e. The Morgan fingerprint density at radius 1 is 0.875 bits per heavy atom. The summed E-state index contributed by atoms with van der Waals surface area (Å²) in [4.78, 5) is 0. The van der Waals surface area contributed by atoms with Gasteiger partial charge in [0.05, 0.1) is 0 Å². The van der Waals surface area contributed by atoms with Crippen molar-refractivity contribution in [2.45, 2.75) is 77.9 Å². The highest BCUT2D eigenvalue weighted by Crippen LogP contribution is 2.29. The fourth-order valence-corrected chi connectivity index (χ4v) is 2.65. The van der Waals surface area contributed by atoms with Crippen LogP contribution in [-0.2, 0) is 15.9 Å². The van der Waals surface area contributed by atoms with Crippen molar-refractivity contribution in [2.24, 2.45) is 0 Å². The number of phenols is 2. The van der Waals surface area contributed by atoms with Crippen LogP contribution in [0.2, 0.25) is 0 Å². The first-order valence-corrected chi connectivity index (χ1v) is 9.42. The van der Waals surface area contributed by atoms with Gasteiger partial charge in [-0.25, -0.2) is 0 Å². The number of aromatic hydroxyl groups is 2. The van der Waals surface area contributed by atoms with E-state index in [0.29, 0.717) is 0 Å². The molecule has 0 radical (unpaired) electrons. The number of ether oxygens (including phenoxy) is 2. The SMILES string of the molecule is CCCOC(CCCCCCCc1cccc(O)c1O)OCCC. The van der Waals surface area contributed by atoms with Crippen LogP contribution < -0.4 is 0 Å². The maximum atomic E-state index is 9.76. The van der Waals surface area contributed by atoms with Gasteiger partial charge in [-0.2, -0.15) is 0 Å². The van der Waals surface area contributed by atoms with Crippen molar-refractivity contribution in [1.29, 1.82) is 0 Å². The van der Waals surface area contributed by atoms with E-state index in [2.05, 4.69) is 13.8 Å². The normalized spacial score (nSPS) is 11.3. The fraction of sp³-hybridized carbons (Fsp3) is 0.700. The van der Waals surface area contributed by atoms with Gasteiger partial charge in [-0.05, 0) is 50.2 Å². The van der Waals surface area contributed by atoms with Gasteiger partial charge in [0.1, 0.15) is 0 Å². The zero-order chi connectivity index (χ0) is 17.6. The number of aryl methyl sites for hydroxylation is 1. The van der Waals surface area contributed by atoms with Crippen LogP contribution in [0.3, 0.4) is 0 Å². The second kappa shape index (κ2) is 13.1. The summed E-state index contributed by atoms with van der Waals surface area (Å²) < 4.78 is 11.5. The second-order valence-electron chi connectivity index (χ2n) is 6.26. The summed E-state index contributed by atoms with van der Waals surface area (Å²) >= 11 is 0. The fourth-order valence-electron chi connectivity index (χ4n) is 2.65. The van der Waals surface area contributed by atoms with Crippen LogP contribution in [0, 0.1) is 0 Å². The first-order chi connectivity index (χ1) is 11.7. The monoisotopic (exact) mass is 338 g/mol. The van der Waals surface area contributed by atoms with Crippen LogP contribution in [-0.4, -0.2) is 29.7 Å². The van der Waals surface area contributed by atoms with Gasteiger partial charge in [0.2, 0.25) is 0 Å². The van der Waals surface area contributed by atoms with E-state index in [9.17, 15) is 10.2 Å². The molecule has 1 aromatic carbocycles. The Labute approximate surface area is 146 Å². The van der Waals surface area contributed by atoms with Gasteiger partial charge in [0.15, 0.2) is 17.8 Å². The number of para-hydroxylation sites is 1. The van der Waals surface area contributed by atoms with Crippen LogP contribution >= 0.6 is 0 Å². The van der Waals surface area contributed by atoms with Crippen molar-refractivity contribution in [3.8, 4) is 11.5 Å². The quantitative estimate of drug-likeness (QED) is 0.279. The lowest BCUT2D eigenvalue weighted by atomic mass is 10.0. The van der Waals surface area contributed by atoms with Crippen molar-refractivity contribution in [3.63, 3.8) is 0 Å². The number of unbranched alkanes of at least 4 members (excludes halogenated alkanes) is 4. The predicted octanol–water partition coefficient (Wildman–Crippen LogP) is 5.16. The van der Waals surface area contributed by atoms with E-state index in [0.717, 1.165) is 63.7 Å². The van der Waals surface area contributed by atoms with E-state index in [1.54, 1.807) is 6.07 Å². The van der Waals surface area contributed by atoms with Crippen LogP contribution in [0.25, 0.3) is 0 Å². The molecule has 0 saturated carbocycles. The molecule has 0 unspecified atom stereocenters. The van der Waals surface area contributed by atoms with Gasteiger partial charge >= 0.3 is 0 Å². The topological polar surface area (TPSA) is 58.9 Å². The molecule has 0 amide bonds.